The number of nitrogens with one attached hydrogen (secondary N) is 1. The van der Waals surface area contributed by atoms with Crippen LogP contribution in [0.1, 0.15) is 55.7 Å². The van der Waals surface area contributed by atoms with Gasteiger partial charge < -0.3 is 5.32 Å². The van der Waals surface area contributed by atoms with Gasteiger partial charge in [0.1, 0.15) is 23.7 Å². The first-order chi connectivity index (χ1) is 19.7. The summed E-state index contributed by atoms with van der Waals surface area (Å²) in [5, 5.41) is 3.34. The van der Waals surface area contributed by atoms with E-state index in [-0.39, 0.29) is 34.7 Å². The normalized spacial score (nSPS) is 19.5. The molecule has 0 bridgehead atoms. The lowest BCUT2D eigenvalue weighted by molar-refractivity contribution is -0.127. The highest BCUT2D eigenvalue weighted by atomic mass is 35.5. The summed E-state index contributed by atoms with van der Waals surface area (Å²) in [7, 11) is -3.89. The molecule has 2 aliphatic rings. The number of nitrogens with zero attached hydrogens (tertiary/aromatic N) is 3. The van der Waals surface area contributed by atoms with E-state index in [1.54, 1.807) is 43.3 Å². The summed E-state index contributed by atoms with van der Waals surface area (Å²) in [6.07, 6.45) is 6.12. The van der Waals surface area contributed by atoms with E-state index >= 15 is 0 Å². The molecule has 1 aliphatic heterocycles. The van der Waals surface area contributed by atoms with Gasteiger partial charge >= 0.3 is 0 Å². The largest absolute Gasteiger partial charge is 0.351 e. The Kier molecular flexibility index (Phi) is 8.60. The van der Waals surface area contributed by atoms with E-state index < -0.39 is 39.7 Å². The quantitative estimate of drug-likeness (QED) is 0.397. The molecule has 2 atom stereocenters. The Morgan fingerprint density at radius 1 is 1.05 bits per heavy atom. The molecular weight excluding hydrogens is 567 g/mol. The maximum Gasteiger partial charge on any atom is 0.252 e. The summed E-state index contributed by atoms with van der Waals surface area (Å²) < 4.78 is 42.1. The maximum absolute atomic E-state index is 14.6. The van der Waals surface area contributed by atoms with Crippen LogP contribution in [0, 0.1) is 12.7 Å². The van der Waals surface area contributed by atoms with Crippen molar-refractivity contribution in [2.45, 2.75) is 63.6 Å². The van der Waals surface area contributed by atoms with E-state index in [1.807, 2.05) is 0 Å². The number of aromatic nitrogens is 1. The number of hydrogen-bond donors (Lipinski definition) is 1. The van der Waals surface area contributed by atoms with Gasteiger partial charge in [-0.3, -0.25) is 14.5 Å². The van der Waals surface area contributed by atoms with Crippen LogP contribution in [0.3, 0.4) is 0 Å². The molecule has 0 radical (unpaired) electrons. The lowest BCUT2D eigenvalue weighted by Gasteiger charge is -2.36. The van der Waals surface area contributed by atoms with Gasteiger partial charge in [0.2, 0.25) is 15.9 Å². The highest BCUT2D eigenvalue weighted by Crippen LogP contribution is 2.37. The Morgan fingerprint density at radius 2 is 1.80 bits per heavy atom. The number of carbonyl (C=O) groups excluding carboxylic acids is 2. The van der Waals surface area contributed by atoms with Gasteiger partial charge in [-0.05, 0) is 68.1 Å². The highest BCUT2D eigenvalue weighted by Gasteiger charge is 2.47. The molecule has 41 heavy (non-hydrogen) atoms. The first-order valence-corrected chi connectivity index (χ1v) is 15.7. The summed E-state index contributed by atoms with van der Waals surface area (Å²) in [5.41, 5.74) is 1.23. The van der Waals surface area contributed by atoms with Crippen LogP contribution in [0.2, 0.25) is 5.02 Å². The van der Waals surface area contributed by atoms with Crippen molar-refractivity contribution in [1.29, 1.82) is 0 Å². The number of carbonyl (C=O) groups is 2. The molecule has 2 heterocycles. The number of rotatable bonds is 7. The smallest absolute Gasteiger partial charge is 0.252 e. The second kappa shape index (κ2) is 12.2. The SMILES string of the molecule is Cc1ccnc(N2[C@H](C(=O)N(c3cccc(F)c3)[C@H](C(=O)NC3CCCCC3)c3ccccc3Cl)CCS2(=O)=O)c1. The maximum atomic E-state index is 14.6. The highest BCUT2D eigenvalue weighted by molar-refractivity contribution is 7.93. The van der Waals surface area contributed by atoms with E-state index in [0.717, 1.165) is 48.0 Å². The van der Waals surface area contributed by atoms with Crippen molar-refractivity contribution in [3.05, 3.63) is 88.8 Å². The van der Waals surface area contributed by atoms with Crippen molar-refractivity contribution in [2.24, 2.45) is 0 Å². The molecule has 8 nitrogen and oxygen atoms in total. The van der Waals surface area contributed by atoms with Gasteiger partial charge in [-0.2, -0.15) is 0 Å². The molecule has 2 amide bonds. The number of aryl methyl sites for hydroxylation is 1. The molecule has 1 aliphatic carbocycles. The van der Waals surface area contributed by atoms with Crippen LogP contribution in [0.5, 0.6) is 0 Å². The van der Waals surface area contributed by atoms with Crippen molar-refractivity contribution >= 4 is 44.9 Å². The summed E-state index contributed by atoms with van der Waals surface area (Å²) in [6.45, 7) is 1.80. The predicted octanol–water partition coefficient (Wildman–Crippen LogP) is 5.31. The van der Waals surface area contributed by atoms with Gasteiger partial charge in [-0.15, -0.1) is 0 Å². The predicted molar refractivity (Wildman–Crippen MR) is 157 cm³/mol. The number of benzene rings is 2. The van der Waals surface area contributed by atoms with Crippen LogP contribution in [0.25, 0.3) is 0 Å². The van der Waals surface area contributed by atoms with Gasteiger partial charge in [0, 0.05) is 28.5 Å². The molecule has 5 rings (SSSR count). The van der Waals surface area contributed by atoms with Crippen molar-refractivity contribution in [1.82, 2.24) is 10.3 Å². The number of sulfonamides is 1. The number of pyridine rings is 1. The van der Waals surface area contributed by atoms with E-state index in [1.165, 1.54) is 29.3 Å². The monoisotopic (exact) mass is 598 g/mol. The summed E-state index contributed by atoms with van der Waals surface area (Å²) in [6, 6.07) is 12.8. The van der Waals surface area contributed by atoms with Crippen LogP contribution >= 0.6 is 11.6 Å². The van der Waals surface area contributed by atoms with Crippen LogP contribution in [0.4, 0.5) is 15.9 Å². The standard InChI is InChI=1S/C30H32ClFN4O4S/c1-20-14-16-33-27(18-20)36-26(15-17-41(36,39)40)30(38)35(23-11-7-8-21(32)19-23)28(24-12-5-6-13-25(24)31)29(37)34-22-9-3-2-4-10-22/h5-8,11-14,16,18-19,22,26,28H,2-4,9-10,15,17H2,1H3,(H,34,37)/t26-,28-/m0/s1. The Hall–Kier alpha value is -3.50. The molecule has 2 fully saturated rings. The van der Waals surface area contributed by atoms with Crippen LogP contribution in [0.15, 0.2) is 66.9 Å². The Bertz CT molecular complexity index is 1550. The first kappa shape index (κ1) is 29.0. The van der Waals surface area contributed by atoms with Crippen LogP contribution in [-0.2, 0) is 19.6 Å². The molecule has 216 valence electrons. The summed E-state index contributed by atoms with van der Waals surface area (Å²) in [5.74, 6) is -1.92. The van der Waals surface area contributed by atoms with Gasteiger partial charge in [0.25, 0.3) is 5.91 Å². The Balaban J connectivity index is 1.64. The lowest BCUT2D eigenvalue weighted by atomic mass is 9.94. The van der Waals surface area contributed by atoms with E-state index in [2.05, 4.69) is 10.3 Å². The molecule has 11 heteroatoms. The fourth-order valence-corrected chi connectivity index (χ4v) is 7.57. The average Bonchev–Trinajstić information content (AvgIpc) is 3.27. The minimum absolute atomic E-state index is 0.0257. The number of amides is 2. The average molecular weight is 599 g/mol. The third-order valence-corrected chi connectivity index (χ3v) is 9.76. The van der Waals surface area contributed by atoms with Gasteiger partial charge in [-0.25, -0.2) is 22.1 Å². The van der Waals surface area contributed by atoms with Gasteiger partial charge in [-0.1, -0.05) is 55.1 Å². The molecule has 0 unspecified atom stereocenters. The molecule has 3 aromatic rings. The van der Waals surface area contributed by atoms with Gasteiger partial charge in [0.05, 0.1) is 5.75 Å². The van der Waals surface area contributed by atoms with E-state index in [9.17, 15) is 22.4 Å². The molecule has 1 aromatic heterocycles. The fourth-order valence-electron chi connectivity index (χ4n) is 5.65. The minimum atomic E-state index is -3.89. The van der Waals surface area contributed by atoms with Crippen molar-refractivity contribution < 1.29 is 22.4 Å². The second-order valence-corrected chi connectivity index (χ2v) is 12.9. The third kappa shape index (κ3) is 6.23. The van der Waals surface area contributed by atoms with Crippen LogP contribution < -0.4 is 14.5 Å². The molecular formula is C30H32ClFN4O4S. The van der Waals surface area contributed by atoms with Crippen molar-refractivity contribution in [2.75, 3.05) is 15.0 Å². The van der Waals surface area contributed by atoms with Crippen LogP contribution in [-0.4, -0.2) is 43.1 Å². The Labute approximate surface area is 244 Å². The van der Waals surface area contributed by atoms with E-state index in [4.69, 9.17) is 11.6 Å². The third-order valence-electron chi connectivity index (χ3n) is 7.63. The molecule has 0 spiro atoms. The number of hydrogen-bond acceptors (Lipinski definition) is 5. The minimum Gasteiger partial charge on any atom is -0.351 e. The number of halogens is 2. The fraction of sp³-hybridized carbons (Fsp3) is 0.367. The van der Waals surface area contributed by atoms with Gasteiger partial charge in [0.15, 0.2) is 0 Å². The zero-order chi connectivity index (χ0) is 29.1. The molecule has 2 aromatic carbocycles. The number of anilines is 2. The molecule has 1 saturated heterocycles. The topological polar surface area (TPSA) is 99.7 Å². The first-order valence-electron chi connectivity index (χ1n) is 13.7. The second-order valence-electron chi connectivity index (χ2n) is 10.6. The lowest BCUT2D eigenvalue weighted by Crippen LogP contribution is -2.53. The zero-order valence-corrected chi connectivity index (χ0v) is 24.2. The Morgan fingerprint density at radius 3 is 2.51 bits per heavy atom. The zero-order valence-electron chi connectivity index (χ0n) is 22.7. The van der Waals surface area contributed by atoms with E-state index in [0.29, 0.717) is 5.56 Å². The summed E-state index contributed by atoms with van der Waals surface area (Å²) >= 11 is 6.61. The molecule has 1 N–H and O–H groups in total. The van der Waals surface area contributed by atoms with Crippen molar-refractivity contribution in [3.8, 4) is 0 Å². The molecule has 1 saturated carbocycles. The summed E-state index contributed by atoms with van der Waals surface area (Å²) in [4.78, 5) is 34.1. The van der Waals surface area contributed by atoms with Crippen molar-refractivity contribution in [3.63, 3.8) is 0 Å².